The zero-order chi connectivity index (χ0) is 20.5. The Bertz CT molecular complexity index is 1200. The van der Waals surface area contributed by atoms with Crippen molar-refractivity contribution in [2.45, 2.75) is 6.92 Å². The zero-order valence-corrected chi connectivity index (χ0v) is 16.3. The molecular weight excluding hydrogens is 368 g/mol. The third-order valence-electron chi connectivity index (χ3n) is 4.73. The summed E-state index contributed by atoms with van der Waals surface area (Å²) in [7, 11) is 3.31. The molecule has 8 nitrogen and oxygen atoms in total. The van der Waals surface area contributed by atoms with E-state index in [0.717, 1.165) is 11.3 Å². The highest BCUT2D eigenvalue weighted by atomic mass is 16.2. The Kier molecular flexibility index (Phi) is 4.59. The second kappa shape index (κ2) is 7.23. The summed E-state index contributed by atoms with van der Waals surface area (Å²) in [5.41, 5.74) is 4.12. The van der Waals surface area contributed by atoms with E-state index < -0.39 is 5.91 Å². The molecule has 0 aliphatic heterocycles. The van der Waals surface area contributed by atoms with E-state index in [1.807, 2.05) is 37.3 Å². The normalized spacial score (nSPS) is 10.9. The predicted molar refractivity (Wildman–Crippen MR) is 111 cm³/mol. The summed E-state index contributed by atoms with van der Waals surface area (Å²) in [6, 6.07) is 14.8. The minimum atomic E-state index is -0.392. The molecule has 0 fully saturated rings. The van der Waals surface area contributed by atoms with Crippen LogP contribution in [0.4, 0.5) is 5.69 Å². The van der Waals surface area contributed by atoms with Crippen molar-refractivity contribution in [3.05, 3.63) is 65.5 Å². The number of anilines is 1. The number of imidazole rings is 1. The molecule has 2 heterocycles. The molecule has 2 amide bonds. The van der Waals surface area contributed by atoms with Crippen LogP contribution in [0.2, 0.25) is 0 Å². The quantitative estimate of drug-likeness (QED) is 0.500. The Morgan fingerprint density at radius 1 is 1.07 bits per heavy atom. The van der Waals surface area contributed by atoms with Crippen molar-refractivity contribution in [2.75, 3.05) is 12.4 Å². The van der Waals surface area contributed by atoms with Crippen LogP contribution in [0.25, 0.3) is 22.4 Å². The van der Waals surface area contributed by atoms with Crippen molar-refractivity contribution in [2.24, 2.45) is 7.05 Å². The minimum absolute atomic E-state index is 0.278. The Morgan fingerprint density at radius 3 is 2.48 bits per heavy atom. The van der Waals surface area contributed by atoms with Crippen LogP contribution in [0.3, 0.4) is 0 Å². The maximum Gasteiger partial charge on any atom is 0.276 e. The Morgan fingerprint density at radius 2 is 1.83 bits per heavy atom. The lowest BCUT2D eigenvalue weighted by Crippen LogP contribution is -2.21. The number of nitrogens with one attached hydrogen (secondary N) is 3. The average Bonchev–Trinajstić information content (AvgIpc) is 3.30. The maximum absolute atomic E-state index is 12.7. The summed E-state index contributed by atoms with van der Waals surface area (Å²) in [5.74, 6) is -0.0143. The van der Waals surface area contributed by atoms with Crippen molar-refractivity contribution in [3.63, 3.8) is 0 Å². The minimum Gasteiger partial charge on any atom is -0.355 e. The first kappa shape index (κ1) is 18.4. The molecule has 0 saturated heterocycles. The molecule has 0 radical (unpaired) electrons. The fourth-order valence-corrected chi connectivity index (χ4v) is 3.07. The van der Waals surface area contributed by atoms with E-state index in [1.54, 1.807) is 37.0 Å². The molecule has 3 N–H and O–H groups in total. The van der Waals surface area contributed by atoms with Gasteiger partial charge in [-0.25, -0.2) is 4.98 Å². The van der Waals surface area contributed by atoms with E-state index in [-0.39, 0.29) is 11.6 Å². The van der Waals surface area contributed by atoms with Gasteiger partial charge >= 0.3 is 0 Å². The van der Waals surface area contributed by atoms with Gasteiger partial charge in [0.15, 0.2) is 5.69 Å². The highest BCUT2D eigenvalue weighted by Crippen LogP contribution is 2.26. The van der Waals surface area contributed by atoms with Crippen LogP contribution in [-0.4, -0.2) is 38.6 Å². The van der Waals surface area contributed by atoms with Gasteiger partial charge in [-0.15, -0.1) is 0 Å². The number of carbonyl (C=O) groups is 2. The third-order valence-corrected chi connectivity index (χ3v) is 4.73. The van der Waals surface area contributed by atoms with E-state index in [1.165, 1.54) is 0 Å². The van der Waals surface area contributed by atoms with Crippen LogP contribution in [-0.2, 0) is 7.05 Å². The van der Waals surface area contributed by atoms with Gasteiger partial charge in [0.25, 0.3) is 11.8 Å². The summed E-state index contributed by atoms with van der Waals surface area (Å²) < 4.78 is 1.62. The molecule has 4 rings (SSSR count). The molecule has 4 aromatic rings. The van der Waals surface area contributed by atoms with E-state index >= 15 is 0 Å². The van der Waals surface area contributed by atoms with Crippen LogP contribution in [0.1, 0.15) is 26.5 Å². The second-order valence-electron chi connectivity index (χ2n) is 6.69. The van der Waals surface area contributed by atoms with Crippen LogP contribution < -0.4 is 10.6 Å². The van der Waals surface area contributed by atoms with Crippen molar-refractivity contribution >= 4 is 28.5 Å². The molecule has 0 spiro atoms. The second-order valence-corrected chi connectivity index (χ2v) is 6.69. The summed E-state index contributed by atoms with van der Waals surface area (Å²) in [6.45, 7) is 1.86. The van der Waals surface area contributed by atoms with Crippen LogP contribution in [0.15, 0.2) is 48.5 Å². The average molecular weight is 388 g/mol. The number of fused-ring (bicyclic) bond motifs is 1. The molecule has 0 saturated carbocycles. The number of aryl methyl sites for hydroxylation is 2. The van der Waals surface area contributed by atoms with Gasteiger partial charge in [0.1, 0.15) is 5.82 Å². The maximum atomic E-state index is 12.7. The summed E-state index contributed by atoms with van der Waals surface area (Å²) >= 11 is 0. The van der Waals surface area contributed by atoms with Gasteiger partial charge in [-0.1, -0.05) is 30.3 Å². The fraction of sp³-hybridized carbons (Fsp3) is 0.143. The monoisotopic (exact) mass is 388 g/mol. The molecule has 8 heteroatoms. The number of amides is 2. The number of hydrogen-bond acceptors (Lipinski definition) is 4. The van der Waals surface area contributed by atoms with Crippen molar-refractivity contribution in [1.82, 2.24) is 25.1 Å². The van der Waals surface area contributed by atoms with Crippen LogP contribution in [0, 0.1) is 6.92 Å². The Balaban J connectivity index is 1.76. The van der Waals surface area contributed by atoms with Crippen molar-refractivity contribution in [3.8, 4) is 11.4 Å². The van der Waals surface area contributed by atoms with Gasteiger partial charge in [0, 0.05) is 25.4 Å². The molecule has 0 aliphatic rings. The Hall–Kier alpha value is -3.94. The first-order chi connectivity index (χ1) is 14.0. The molecule has 0 aliphatic carbocycles. The number of aromatic nitrogens is 4. The summed E-state index contributed by atoms with van der Waals surface area (Å²) in [6.07, 6.45) is 0. The number of hydrogen-bond donors (Lipinski definition) is 3. The molecule has 0 unspecified atom stereocenters. The molecule has 2 aromatic carbocycles. The van der Waals surface area contributed by atoms with Crippen LogP contribution >= 0.6 is 0 Å². The number of carbonyl (C=O) groups excluding carboxylic acids is 2. The summed E-state index contributed by atoms with van der Waals surface area (Å²) in [4.78, 5) is 32.9. The molecule has 29 heavy (non-hydrogen) atoms. The summed E-state index contributed by atoms with van der Waals surface area (Å²) in [5, 5.41) is 9.59. The van der Waals surface area contributed by atoms with Gasteiger partial charge in [-0.05, 0) is 25.1 Å². The zero-order valence-electron chi connectivity index (χ0n) is 16.3. The SMILES string of the molecule is CNC(=O)c1cc2[nH]c(-c3ccccc3)nc2cc1NC(=O)c1cc(C)n(C)n1. The third kappa shape index (κ3) is 3.47. The van der Waals surface area contributed by atoms with Gasteiger partial charge in [0.05, 0.1) is 22.3 Å². The highest BCUT2D eigenvalue weighted by Gasteiger charge is 2.18. The Labute approximate surface area is 167 Å². The van der Waals surface area contributed by atoms with Gasteiger partial charge in [-0.2, -0.15) is 5.10 Å². The number of aromatic amines is 1. The lowest BCUT2D eigenvalue weighted by Gasteiger charge is -2.09. The number of rotatable bonds is 4. The number of benzene rings is 2. The lowest BCUT2D eigenvalue weighted by molar-refractivity contribution is 0.0964. The lowest BCUT2D eigenvalue weighted by atomic mass is 10.1. The number of nitrogens with zero attached hydrogens (tertiary/aromatic N) is 3. The molecular formula is C21H20N6O2. The highest BCUT2D eigenvalue weighted by molar-refractivity contribution is 6.10. The first-order valence-corrected chi connectivity index (χ1v) is 9.09. The molecule has 146 valence electrons. The van der Waals surface area contributed by atoms with E-state index in [0.29, 0.717) is 28.1 Å². The van der Waals surface area contributed by atoms with E-state index in [2.05, 4.69) is 25.7 Å². The standard InChI is InChI=1S/C21H20N6O2/c1-12-9-18(26-27(12)3)21(29)25-15-11-17-16(10-14(15)20(28)22-2)23-19(24-17)13-7-5-4-6-8-13/h4-11H,1-3H3,(H,22,28)(H,23,24)(H,25,29). The van der Waals surface area contributed by atoms with Crippen LogP contribution in [0.5, 0.6) is 0 Å². The van der Waals surface area contributed by atoms with E-state index in [4.69, 9.17) is 0 Å². The van der Waals surface area contributed by atoms with Crippen molar-refractivity contribution in [1.29, 1.82) is 0 Å². The molecule has 0 bridgehead atoms. The molecule has 2 aromatic heterocycles. The van der Waals surface area contributed by atoms with E-state index in [9.17, 15) is 9.59 Å². The van der Waals surface area contributed by atoms with Gasteiger partial charge in [0.2, 0.25) is 0 Å². The van der Waals surface area contributed by atoms with Gasteiger partial charge < -0.3 is 15.6 Å². The number of H-pyrrole nitrogens is 1. The van der Waals surface area contributed by atoms with Crippen molar-refractivity contribution < 1.29 is 9.59 Å². The van der Waals surface area contributed by atoms with Gasteiger partial charge in [-0.3, -0.25) is 14.3 Å². The first-order valence-electron chi connectivity index (χ1n) is 9.09. The topological polar surface area (TPSA) is 105 Å². The smallest absolute Gasteiger partial charge is 0.276 e. The fourth-order valence-electron chi connectivity index (χ4n) is 3.07. The molecule has 0 atom stereocenters. The predicted octanol–water partition coefficient (Wildman–Crippen LogP) is 2.88. The largest absolute Gasteiger partial charge is 0.355 e.